The van der Waals surface area contributed by atoms with E-state index in [1.807, 2.05) is 34.6 Å². The van der Waals surface area contributed by atoms with Gasteiger partial charge in [0.1, 0.15) is 5.56 Å². The van der Waals surface area contributed by atoms with Gasteiger partial charge in [-0.15, -0.1) is 0 Å². The van der Waals surface area contributed by atoms with Crippen molar-refractivity contribution >= 4 is 33.1 Å². The third-order valence-electron chi connectivity index (χ3n) is 4.91. The van der Waals surface area contributed by atoms with E-state index in [2.05, 4.69) is 5.10 Å². The van der Waals surface area contributed by atoms with Gasteiger partial charge in [-0.25, -0.2) is 4.68 Å². The Labute approximate surface area is 184 Å². The molecule has 0 fully saturated rings. The molecule has 0 aliphatic heterocycles. The van der Waals surface area contributed by atoms with Crippen LogP contribution in [0, 0.1) is 6.92 Å². The molecule has 2 rings (SSSR count). The zero-order chi connectivity index (χ0) is 22.6. The number of ketones is 1. The van der Waals surface area contributed by atoms with Gasteiger partial charge in [0.2, 0.25) is 5.88 Å². The van der Waals surface area contributed by atoms with Crippen LogP contribution in [0.1, 0.15) is 74.5 Å². The van der Waals surface area contributed by atoms with Crippen molar-refractivity contribution in [1.82, 2.24) is 9.78 Å². The summed E-state index contributed by atoms with van der Waals surface area (Å²) < 4.78 is 31.4. The predicted molar refractivity (Wildman–Crippen MR) is 121 cm³/mol. The Kier molecular flexibility index (Phi) is 7.88. The summed E-state index contributed by atoms with van der Waals surface area (Å²) in [7, 11) is -3.82. The first-order chi connectivity index (χ1) is 14.0. The van der Waals surface area contributed by atoms with Gasteiger partial charge in [0.25, 0.3) is 0 Å². The van der Waals surface area contributed by atoms with E-state index in [0.29, 0.717) is 30.0 Å². The quantitative estimate of drug-likeness (QED) is 0.375. The van der Waals surface area contributed by atoms with E-state index in [0.717, 1.165) is 22.3 Å². The standard InChI is InChI=1S/C22H29ClN2O4S/c1-7-11-25-22(29-30(27,28)12-8-2)18(13-24-25)21(26)17-9-10-19(23)20(16(17)6)15(5)14(3)4/h9-10,13H,7-8,11-12H2,1-6H3. The zero-order valence-corrected chi connectivity index (χ0v) is 19.9. The number of carbonyl (C=O) groups is 1. The van der Waals surface area contributed by atoms with Gasteiger partial charge in [-0.3, -0.25) is 4.79 Å². The second-order valence-corrected chi connectivity index (χ2v) is 9.58. The molecule has 2 aromatic rings. The molecule has 0 aliphatic rings. The molecule has 0 spiro atoms. The van der Waals surface area contributed by atoms with Crippen molar-refractivity contribution in [2.75, 3.05) is 5.75 Å². The number of hydrogen-bond donors (Lipinski definition) is 0. The van der Waals surface area contributed by atoms with E-state index < -0.39 is 10.1 Å². The van der Waals surface area contributed by atoms with E-state index in [4.69, 9.17) is 15.8 Å². The molecule has 0 amide bonds. The SMILES string of the molecule is CCCn1ncc(C(=O)c2ccc(Cl)c(C(C)=C(C)C)c2C)c1OS(=O)(=O)CCC. The van der Waals surface area contributed by atoms with Gasteiger partial charge in [0.05, 0.1) is 11.9 Å². The predicted octanol–water partition coefficient (Wildman–Crippen LogP) is 5.42. The molecular weight excluding hydrogens is 424 g/mol. The van der Waals surface area contributed by atoms with E-state index in [-0.39, 0.29) is 23.0 Å². The van der Waals surface area contributed by atoms with Gasteiger partial charge in [-0.2, -0.15) is 13.5 Å². The summed E-state index contributed by atoms with van der Waals surface area (Å²) in [5.74, 6) is -0.525. The van der Waals surface area contributed by atoms with Crippen molar-refractivity contribution in [3.05, 3.63) is 51.2 Å². The first-order valence-corrected chi connectivity index (χ1v) is 12.0. The fourth-order valence-electron chi connectivity index (χ4n) is 3.18. The van der Waals surface area contributed by atoms with Crippen LogP contribution in [0.3, 0.4) is 0 Å². The molecule has 0 saturated carbocycles. The molecule has 0 N–H and O–H groups in total. The molecule has 1 heterocycles. The molecule has 1 aromatic heterocycles. The van der Waals surface area contributed by atoms with Crippen LogP contribution < -0.4 is 4.18 Å². The van der Waals surface area contributed by atoms with Gasteiger partial charge >= 0.3 is 10.1 Å². The third-order valence-corrected chi connectivity index (χ3v) is 6.55. The first kappa shape index (κ1) is 24.2. The number of aryl methyl sites for hydroxylation is 1. The van der Waals surface area contributed by atoms with Gasteiger partial charge in [0, 0.05) is 17.1 Å². The monoisotopic (exact) mass is 452 g/mol. The highest BCUT2D eigenvalue weighted by atomic mass is 35.5. The summed E-state index contributed by atoms with van der Waals surface area (Å²) in [6.07, 6.45) is 2.49. The van der Waals surface area contributed by atoms with Crippen molar-refractivity contribution in [3.63, 3.8) is 0 Å². The van der Waals surface area contributed by atoms with E-state index in [1.54, 1.807) is 19.1 Å². The van der Waals surface area contributed by atoms with Crippen molar-refractivity contribution in [2.24, 2.45) is 0 Å². The Balaban J connectivity index is 2.62. The lowest BCUT2D eigenvalue weighted by Crippen LogP contribution is -2.18. The highest BCUT2D eigenvalue weighted by molar-refractivity contribution is 7.87. The molecule has 0 atom stereocenters. The van der Waals surface area contributed by atoms with Gasteiger partial charge < -0.3 is 4.18 Å². The van der Waals surface area contributed by atoms with Crippen LogP contribution in [0.5, 0.6) is 5.88 Å². The lowest BCUT2D eigenvalue weighted by molar-refractivity contribution is 0.103. The molecule has 164 valence electrons. The fourth-order valence-corrected chi connectivity index (χ4v) is 4.53. The Bertz CT molecular complexity index is 1080. The maximum Gasteiger partial charge on any atom is 0.310 e. The molecule has 8 heteroatoms. The number of nitrogens with zero attached hydrogens (tertiary/aromatic N) is 2. The minimum Gasteiger partial charge on any atom is -0.361 e. The summed E-state index contributed by atoms with van der Waals surface area (Å²) in [5, 5.41) is 4.76. The minimum atomic E-state index is -3.82. The van der Waals surface area contributed by atoms with Gasteiger partial charge in [-0.1, -0.05) is 31.0 Å². The highest BCUT2D eigenvalue weighted by Crippen LogP contribution is 2.33. The summed E-state index contributed by atoms with van der Waals surface area (Å²) in [5.41, 5.74) is 4.19. The zero-order valence-electron chi connectivity index (χ0n) is 18.4. The molecule has 0 radical (unpaired) electrons. The summed E-state index contributed by atoms with van der Waals surface area (Å²) in [6.45, 7) is 11.9. The van der Waals surface area contributed by atoms with E-state index in [1.165, 1.54) is 10.9 Å². The van der Waals surface area contributed by atoms with E-state index in [9.17, 15) is 13.2 Å². The maximum atomic E-state index is 13.4. The average molecular weight is 453 g/mol. The molecule has 6 nitrogen and oxygen atoms in total. The Morgan fingerprint density at radius 3 is 2.37 bits per heavy atom. The van der Waals surface area contributed by atoms with Crippen molar-refractivity contribution < 1.29 is 17.4 Å². The molecule has 1 aromatic carbocycles. The Morgan fingerprint density at radius 2 is 1.80 bits per heavy atom. The second kappa shape index (κ2) is 9.79. The van der Waals surface area contributed by atoms with E-state index >= 15 is 0 Å². The summed E-state index contributed by atoms with van der Waals surface area (Å²) in [6, 6.07) is 3.34. The summed E-state index contributed by atoms with van der Waals surface area (Å²) >= 11 is 6.42. The van der Waals surface area contributed by atoms with Crippen LogP contribution >= 0.6 is 11.6 Å². The number of allylic oxidation sites excluding steroid dienone is 2. The first-order valence-electron chi connectivity index (χ1n) is 10.00. The molecule has 0 saturated heterocycles. The molecule has 30 heavy (non-hydrogen) atoms. The van der Waals surface area contributed by atoms with Crippen LogP contribution in [-0.4, -0.2) is 29.7 Å². The van der Waals surface area contributed by atoms with Gasteiger partial charge in [-0.05, 0) is 69.4 Å². The number of aromatic nitrogens is 2. The Hall–Kier alpha value is -2.12. The fraction of sp³-hybridized carbons (Fsp3) is 0.455. The van der Waals surface area contributed by atoms with Crippen LogP contribution in [0.25, 0.3) is 5.57 Å². The van der Waals surface area contributed by atoms with Gasteiger partial charge in [0.15, 0.2) is 5.78 Å². The summed E-state index contributed by atoms with van der Waals surface area (Å²) in [4.78, 5) is 13.4. The van der Waals surface area contributed by atoms with Crippen molar-refractivity contribution in [3.8, 4) is 5.88 Å². The third kappa shape index (κ3) is 5.13. The maximum absolute atomic E-state index is 13.4. The molecule has 0 aliphatic carbocycles. The molecular formula is C22H29ClN2O4S. The largest absolute Gasteiger partial charge is 0.361 e. The number of hydrogen-bond acceptors (Lipinski definition) is 5. The second-order valence-electron chi connectivity index (χ2n) is 7.48. The average Bonchev–Trinajstić information content (AvgIpc) is 3.03. The van der Waals surface area contributed by atoms with Crippen molar-refractivity contribution in [2.45, 2.75) is 60.9 Å². The topological polar surface area (TPSA) is 78.3 Å². The lowest BCUT2D eigenvalue weighted by atomic mass is 9.92. The van der Waals surface area contributed by atoms with Crippen LogP contribution in [-0.2, 0) is 16.7 Å². The van der Waals surface area contributed by atoms with Crippen molar-refractivity contribution in [1.29, 1.82) is 0 Å². The van der Waals surface area contributed by atoms with Crippen LogP contribution in [0.15, 0.2) is 23.9 Å². The molecule has 0 unspecified atom stereocenters. The highest BCUT2D eigenvalue weighted by Gasteiger charge is 2.26. The number of carbonyl (C=O) groups excluding carboxylic acids is 1. The smallest absolute Gasteiger partial charge is 0.310 e. The van der Waals surface area contributed by atoms with Crippen LogP contribution in [0.2, 0.25) is 5.02 Å². The number of benzene rings is 1. The lowest BCUT2D eigenvalue weighted by Gasteiger charge is -2.15. The Morgan fingerprint density at radius 1 is 1.13 bits per heavy atom. The molecule has 0 bridgehead atoms. The minimum absolute atomic E-state index is 0.0369. The normalized spacial score (nSPS) is 11.4. The number of halogens is 1. The number of rotatable bonds is 9. The van der Waals surface area contributed by atoms with Crippen LogP contribution in [0.4, 0.5) is 0 Å².